The van der Waals surface area contributed by atoms with Gasteiger partial charge < -0.3 is 10.1 Å². The second kappa shape index (κ2) is 7.70. The van der Waals surface area contributed by atoms with Crippen LogP contribution in [-0.4, -0.2) is 49.6 Å². The molecule has 0 radical (unpaired) electrons. The van der Waals surface area contributed by atoms with Gasteiger partial charge in [-0.15, -0.1) is 0 Å². The maximum atomic E-state index is 12.3. The third-order valence-electron chi connectivity index (χ3n) is 4.72. The minimum Gasteiger partial charge on any atom is -0.477 e. The fourth-order valence-electron chi connectivity index (χ4n) is 2.87. The highest BCUT2D eigenvalue weighted by molar-refractivity contribution is 7.88. The van der Waals surface area contributed by atoms with Crippen molar-refractivity contribution in [2.45, 2.75) is 32.2 Å². The number of nitrogens with zero attached hydrogens (tertiary/aromatic N) is 2. The van der Waals surface area contributed by atoms with Gasteiger partial charge in [-0.3, -0.25) is 4.79 Å². The number of rotatable bonds is 7. The van der Waals surface area contributed by atoms with E-state index in [0.29, 0.717) is 44.3 Å². The maximum absolute atomic E-state index is 12.3. The molecular formula is C17H25N3O4S. The lowest BCUT2D eigenvalue weighted by Gasteiger charge is -2.29. The molecule has 1 aliphatic carbocycles. The van der Waals surface area contributed by atoms with Crippen LogP contribution in [0.4, 0.5) is 0 Å². The van der Waals surface area contributed by atoms with Gasteiger partial charge in [-0.2, -0.15) is 0 Å². The van der Waals surface area contributed by atoms with Crippen LogP contribution in [0.3, 0.4) is 0 Å². The molecule has 1 aromatic heterocycles. The van der Waals surface area contributed by atoms with Gasteiger partial charge >= 0.3 is 0 Å². The first-order valence-electron chi connectivity index (χ1n) is 8.72. The number of piperidine rings is 1. The quantitative estimate of drug-likeness (QED) is 0.781. The number of hydrogen-bond donors (Lipinski definition) is 1. The highest BCUT2D eigenvalue weighted by Crippen LogP contribution is 2.29. The van der Waals surface area contributed by atoms with E-state index in [1.807, 2.05) is 12.1 Å². The molecule has 0 aromatic carbocycles. The molecule has 1 aliphatic heterocycles. The molecule has 7 nitrogen and oxygen atoms in total. The zero-order chi connectivity index (χ0) is 17.9. The van der Waals surface area contributed by atoms with Crippen molar-refractivity contribution in [1.82, 2.24) is 14.6 Å². The zero-order valence-corrected chi connectivity index (χ0v) is 15.3. The van der Waals surface area contributed by atoms with Crippen LogP contribution < -0.4 is 10.1 Å². The molecule has 2 aliphatic rings. The molecule has 1 saturated heterocycles. The minimum absolute atomic E-state index is 0.0257. The molecular weight excluding hydrogens is 342 g/mol. The topological polar surface area (TPSA) is 88.6 Å². The van der Waals surface area contributed by atoms with Gasteiger partial charge in [-0.25, -0.2) is 17.7 Å². The number of carbonyl (C=O) groups excluding carboxylic acids is 1. The Bertz CT molecular complexity index is 693. The van der Waals surface area contributed by atoms with E-state index >= 15 is 0 Å². The van der Waals surface area contributed by atoms with Crippen molar-refractivity contribution >= 4 is 15.9 Å². The molecule has 0 spiro atoms. The summed E-state index contributed by atoms with van der Waals surface area (Å²) in [5, 5.41) is 2.91. The van der Waals surface area contributed by atoms with Gasteiger partial charge in [0.15, 0.2) is 0 Å². The molecule has 8 heteroatoms. The summed E-state index contributed by atoms with van der Waals surface area (Å²) in [6, 6.07) is 3.73. The van der Waals surface area contributed by atoms with Gasteiger partial charge in [0.1, 0.15) is 0 Å². The molecule has 2 heterocycles. The molecule has 3 rings (SSSR count). The Morgan fingerprint density at radius 1 is 1.28 bits per heavy atom. The van der Waals surface area contributed by atoms with E-state index < -0.39 is 10.0 Å². The molecule has 0 atom stereocenters. The molecule has 0 unspecified atom stereocenters. The predicted molar refractivity (Wildman–Crippen MR) is 93.4 cm³/mol. The summed E-state index contributed by atoms with van der Waals surface area (Å²) in [5.74, 6) is 1.15. The lowest BCUT2D eigenvalue weighted by atomic mass is 9.97. The van der Waals surface area contributed by atoms with Crippen LogP contribution in [0.1, 0.15) is 31.2 Å². The second-order valence-corrected chi connectivity index (χ2v) is 8.90. The van der Waals surface area contributed by atoms with Gasteiger partial charge in [0.05, 0.1) is 12.9 Å². The van der Waals surface area contributed by atoms with Crippen LogP contribution in [-0.2, 0) is 21.4 Å². The van der Waals surface area contributed by atoms with Gasteiger partial charge in [-0.05, 0) is 37.2 Å². The van der Waals surface area contributed by atoms with E-state index in [0.717, 1.165) is 12.2 Å². The largest absolute Gasteiger partial charge is 0.477 e. The van der Waals surface area contributed by atoms with Crippen LogP contribution in [0.15, 0.2) is 18.3 Å². The number of sulfonamides is 1. The Kier molecular flexibility index (Phi) is 5.58. The molecule has 2 fully saturated rings. The van der Waals surface area contributed by atoms with Crippen molar-refractivity contribution in [1.29, 1.82) is 0 Å². The summed E-state index contributed by atoms with van der Waals surface area (Å²) in [6.45, 7) is 1.97. The molecule has 1 amide bonds. The predicted octanol–water partition coefficient (Wildman–Crippen LogP) is 1.16. The summed E-state index contributed by atoms with van der Waals surface area (Å²) >= 11 is 0. The number of pyridine rings is 1. The third-order valence-corrected chi connectivity index (χ3v) is 6.03. The first-order valence-corrected chi connectivity index (χ1v) is 10.6. The SMILES string of the molecule is CS(=O)(=O)N1CCC(C(=O)NCc2ccc(OCC3CC3)nc2)CC1. The first kappa shape index (κ1) is 18.1. The lowest BCUT2D eigenvalue weighted by molar-refractivity contribution is -0.126. The van der Waals surface area contributed by atoms with Crippen molar-refractivity contribution in [2.75, 3.05) is 26.0 Å². The van der Waals surface area contributed by atoms with E-state index in [9.17, 15) is 13.2 Å². The Balaban J connectivity index is 1.41. The van der Waals surface area contributed by atoms with E-state index in [4.69, 9.17) is 4.74 Å². The van der Waals surface area contributed by atoms with E-state index in [1.54, 1.807) is 6.20 Å². The van der Waals surface area contributed by atoms with E-state index in [1.165, 1.54) is 23.4 Å². The molecule has 1 N–H and O–H groups in total. The average molecular weight is 367 g/mol. The van der Waals surface area contributed by atoms with E-state index in [2.05, 4.69) is 10.3 Å². The zero-order valence-electron chi connectivity index (χ0n) is 14.5. The normalized spacial score (nSPS) is 19.6. The summed E-state index contributed by atoms with van der Waals surface area (Å²) in [4.78, 5) is 16.5. The van der Waals surface area contributed by atoms with Gasteiger partial charge in [0, 0.05) is 37.8 Å². The van der Waals surface area contributed by atoms with Crippen molar-refractivity contribution in [2.24, 2.45) is 11.8 Å². The number of carbonyl (C=O) groups is 1. The fourth-order valence-corrected chi connectivity index (χ4v) is 3.75. The summed E-state index contributed by atoms with van der Waals surface area (Å²) < 4.78 is 30.0. The van der Waals surface area contributed by atoms with Crippen molar-refractivity contribution in [3.8, 4) is 5.88 Å². The van der Waals surface area contributed by atoms with Crippen LogP contribution in [0.2, 0.25) is 0 Å². The van der Waals surface area contributed by atoms with Gasteiger partial charge in [0.25, 0.3) is 0 Å². The number of hydrogen-bond acceptors (Lipinski definition) is 5. The van der Waals surface area contributed by atoms with Crippen molar-refractivity contribution in [3.63, 3.8) is 0 Å². The first-order chi connectivity index (χ1) is 11.9. The minimum atomic E-state index is -3.16. The summed E-state index contributed by atoms with van der Waals surface area (Å²) in [5.41, 5.74) is 0.917. The highest BCUT2D eigenvalue weighted by Gasteiger charge is 2.28. The van der Waals surface area contributed by atoms with Crippen molar-refractivity contribution in [3.05, 3.63) is 23.9 Å². The lowest BCUT2D eigenvalue weighted by Crippen LogP contribution is -2.42. The third kappa shape index (κ3) is 5.40. The van der Waals surface area contributed by atoms with Crippen LogP contribution >= 0.6 is 0 Å². The molecule has 0 bridgehead atoms. The van der Waals surface area contributed by atoms with E-state index in [-0.39, 0.29) is 11.8 Å². The Labute approximate surface area is 148 Å². The number of nitrogens with one attached hydrogen (secondary N) is 1. The molecule has 1 aromatic rings. The van der Waals surface area contributed by atoms with Crippen LogP contribution in [0, 0.1) is 11.8 Å². The monoisotopic (exact) mass is 367 g/mol. The fraction of sp³-hybridized carbons (Fsp3) is 0.647. The average Bonchev–Trinajstić information content (AvgIpc) is 3.42. The molecule has 25 heavy (non-hydrogen) atoms. The summed E-state index contributed by atoms with van der Waals surface area (Å²) in [7, 11) is -3.16. The number of ether oxygens (including phenoxy) is 1. The Morgan fingerprint density at radius 3 is 2.56 bits per heavy atom. The summed E-state index contributed by atoms with van der Waals surface area (Å²) in [6.07, 6.45) is 6.53. The Morgan fingerprint density at radius 2 is 2.00 bits per heavy atom. The number of amides is 1. The van der Waals surface area contributed by atoms with Crippen LogP contribution in [0.5, 0.6) is 5.88 Å². The maximum Gasteiger partial charge on any atom is 0.223 e. The van der Waals surface area contributed by atoms with Gasteiger partial charge in [-0.1, -0.05) is 6.07 Å². The Hall–Kier alpha value is -1.67. The number of aromatic nitrogens is 1. The van der Waals surface area contributed by atoms with Crippen LogP contribution in [0.25, 0.3) is 0 Å². The van der Waals surface area contributed by atoms with Crippen molar-refractivity contribution < 1.29 is 17.9 Å². The molecule has 138 valence electrons. The standard InChI is InChI=1S/C17H25N3O4S/c1-25(22,23)20-8-6-15(7-9-20)17(21)19-11-14-4-5-16(18-10-14)24-12-13-2-3-13/h4-5,10,13,15H,2-3,6-9,11-12H2,1H3,(H,19,21). The highest BCUT2D eigenvalue weighted by atomic mass is 32.2. The van der Waals surface area contributed by atoms with Gasteiger partial charge in [0.2, 0.25) is 21.8 Å². The smallest absolute Gasteiger partial charge is 0.223 e. The second-order valence-electron chi connectivity index (χ2n) is 6.91. The molecule has 1 saturated carbocycles.